The van der Waals surface area contributed by atoms with E-state index < -0.39 is 0 Å². The average Bonchev–Trinajstić information content (AvgIpc) is 2.64. The molecule has 4 nitrogen and oxygen atoms in total. The van der Waals surface area contributed by atoms with Crippen molar-refractivity contribution >= 4 is 11.6 Å². The molecule has 0 fully saturated rings. The lowest BCUT2D eigenvalue weighted by molar-refractivity contribution is -0.123. The van der Waals surface area contributed by atoms with Gasteiger partial charge in [0.25, 0.3) is 5.91 Å². The number of hydrogen-bond donors (Lipinski definition) is 2. The summed E-state index contributed by atoms with van der Waals surface area (Å²) in [5, 5.41) is 0. The molecule has 2 aromatic carbocycles. The Kier molecular flexibility index (Phi) is 5.31. The number of nitrogens with one attached hydrogen (secondary N) is 2. The first kappa shape index (κ1) is 18.1. The number of hydrazine groups is 1. The summed E-state index contributed by atoms with van der Waals surface area (Å²) in [6.45, 7) is 6.47. The number of carbonyl (C=O) groups excluding carboxylic acids is 1. The van der Waals surface area contributed by atoms with Crippen LogP contribution in [0, 0.1) is 0 Å². The normalized spacial score (nSPS) is 13.4. The van der Waals surface area contributed by atoms with E-state index in [-0.39, 0.29) is 17.9 Å². The van der Waals surface area contributed by atoms with E-state index >= 15 is 0 Å². The average molecular weight is 350 g/mol. The number of amides is 1. The predicted octanol–water partition coefficient (Wildman–Crippen LogP) is 3.97. The van der Waals surface area contributed by atoms with E-state index in [0.717, 1.165) is 24.1 Å². The van der Waals surface area contributed by atoms with Crippen LogP contribution in [-0.4, -0.2) is 12.5 Å². The zero-order chi connectivity index (χ0) is 18.6. The predicted molar refractivity (Wildman–Crippen MR) is 105 cm³/mol. The zero-order valence-electron chi connectivity index (χ0n) is 15.6. The molecule has 0 saturated heterocycles. The molecule has 2 N–H and O–H groups in total. The molecule has 0 unspecified atom stereocenters. The molecule has 2 aromatic rings. The maximum atomic E-state index is 12.1. The van der Waals surface area contributed by atoms with Crippen molar-refractivity contribution in [1.29, 1.82) is 0 Å². The molecular formula is C22H26N2O2. The van der Waals surface area contributed by atoms with Gasteiger partial charge < -0.3 is 4.74 Å². The van der Waals surface area contributed by atoms with Gasteiger partial charge in [-0.2, -0.15) is 0 Å². The third kappa shape index (κ3) is 4.45. The van der Waals surface area contributed by atoms with Gasteiger partial charge in [0, 0.05) is 5.56 Å². The molecule has 0 aliphatic heterocycles. The Labute approximate surface area is 155 Å². The van der Waals surface area contributed by atoms with E-state index in [0.29, 0.717) is 5.75 Å². The SMILES string of the molecule is CC(C)(C)c1ccc(OCC(=O)NNC2=CCCc3ccccc32)cc1. The lowest BCUT2D eigenvalue weighted by Gasteiger charge is -2.20. The molecular weight excluding hydrogens is 324 g/mol. The molecule has 136 valence electrons. The Morgan fingerprint density at radius 2 is 1.81 bits per heavy atom. The molecule has 0 radical (unpaired) electrons. The summed E-state index contributed by atoms with van der Waals surface area (Å²) < 4.78 is 5.57. The molecule has 0 spiro atoms. The highest BCUT2D eigenvalue weighted by Crippen LogP contribution is 2.25. The minimum Gasteiger partial charge on any atom is -0.484 e. The smallest absolute Gasteiger partial charge is 0.276 e. The van der Waals surface area contributed by atoms with Gasteiger partial charge in [-0.3, -0.25) is 15.6 Å². The first-order chi connectivity index (χ1) is 12.4. The van der Waals surface area contributed by atoms with Crippen LogP contribution in [0.3, 0.4) is 0 Å². The molecule has 3 rings (SSSR count). The third-order valence-electron chi connectivity index (χ3n) is 4.50. The van der Waals surface area contributed by atoms with Crippen molar-refractivity contribution in [2.24, 2.45) is 0 Å². The summed E-state index contributed by atoms with van der Waals surface area (Å²) in [4.78, 5) is 12.1. The minimum absolute atomic E-state index is 0.0310. The Morgan fingerprint density at radius 1 is 1.08 bits per heavy atom. The quantitative estimate of drug-likeness (QED) is 0.802. The second-order valence-corrected chi connectivity index (χ2v) is 7.55. The van der Waals surface area contributed by atoms with Crippen LogP contribution in [0.4, 0.5) is 0 Å². The molecule has 1 aliphatic rings. The van der Waals surface area contributed by atoms with Crippen molar-refractivity contribution < 1.29 is 9.53 Å². The third-order valence-corrected chi connectivity index (χ3v) is 4.50. The van der Waals surface area contributed by atoms with Gasteiger partial charge in [-0.25, -0.2) is 0 Å². The highest BCUT2D eigenvalue weighted by atomic mass is 16.5. The number of benzene rings is 2. The van der Waals surface area contributed by atoms with Crippen molar-refractivity contribution in [3.63, 3.8) is 0 Å². The van der Waals surface area contributed by atoms with E-state index in [4.69, 9.17) is 4.74 Å². The monoisotopic (exact) mass is 350 g/mol. The summed E-state index contributed by atoms with van der Waals surface area (Å²) in [7, 11) is 0. The van der Waals surface area contributed by atoms with Crippen LogP contribution in [-0.2, 0) is 16.6 Å². The van der Waals surface area contributed by atoms with Gasteiger partial charge >= 0.3 is 0 Å². The Bertz CT molecular complexity index is 802. The van der Waals surface area contributed by atoms with E-state index in [1.165, 1.54) is 11.1 Å². The van der Waals surface area contributed by atoms with E-state index in [1.807, 2.05) is 36.4 Å². The zero-order valence-corrected chi connectivity index (χ0v) is 15.6. The van der Waals surface area contributed by atoms with Crippen molar-refractivity contribution in [2.75, 3.05) is 6.61 Å². The van der Waals surface area contributed by atoms with Gasteiger partial charge in [0.15, 0.2) is 6.61 Å². The lowest BCUT2D eigenvalue weighted by Crippen LogP contribution is -2.39. The first-order valence-electron chi connectivity index (χ1n) is 9.00. The van der Waals surface area contributed by atoms with Gasteiger partial charge in [0.05, 0.1) is 5.70 Å². The molecule has 0 saturated carbocycles. The van der Waals surface area contributed by atoms with Gasteiger partial charge in [0.1, 0.15) is 5.75 Å². The lowest BCUT2D eigenvalue weighted by atomic mass is 9.87. The van der Waals surface area contributed by atoms with E-state index in [1.54, 1.807) is 0 Å². The number of hydrogen-bond acceptors (Lipinski definition) is 3. The van der Waals surface area contributed by atoms with Crippen molar-refractivity contribution in [3.05, 3.63) is 71.3 Å². The van der Waals surface area contributed by atoms with Crippen LogP contribution in [0.15, 0.2) is 54.6 Å². The number of fused-ring (bicyclic) bond motifs is 1. The number of rotatable bonds is 5. The molecule has 4 heteroatoms. The second-order valence-electron chi connectivity index (χ2n) is 7.55. The number of ether oxygens (including phenoxy) is 1. The summed E-state index contributed by atoms with van der Waals surface area (Å²) in [6, 6.07) is 16.1. The van der Waals surface area contributed by atoms with Crippen LogP contribution in [0.2, 0.25) is 0 Å². The van der Waals surface area contributed by atoms with Gasteiger partial charge in [-0.15, -0.1) is 0 Å². The van der Waals surface area contributed by atoms with Crippen LogP contribution in [0.25, 0.3) is 5.70 Å². The Balaban J connectivity index is 1.50. The summed E-state index contributed by atoms with van der Waals surface area (Å²) in [5.41, 5.74) is 10.4. The van der Waals surface area contributed by atoms with Crippen molar-refractivity contribution in [2.45, 2.75) is 39.0 Å². The Morgan fingerprint density at radius 3 is 2.54 bits per heavy atom. The highest BCUT2D eigenvalue weighted by molar-refractivity contribution is 5.79. The van der Waals surface area contributed by atoms with Crippen LogP contribution >= 0.6 is 0 Å². The second kappa shape index (κ2) is 7.65. The number of carbonyl (C=O) groups is 1. The number of aryl methyl sites for hydroxylation is 1. The van der Waals surface area contributed by atoms with Crippen LogP contribution < -0.4 is 15.6 Å². The van der Waals surface area contributed by atoms with Crippen molar-refractivity contribution in [3.8, 4) is 5.75 Å². The molecule has 26 heavy (non-hydrogen) atoms. The summed E-state index contributed by atoms with van der Waals surface area (Å²) >= 11 is 0. The van der Waals surface area contributed by atoms with Crippen molar-refractivity contribution in [1.82, 2.24) is 10.9 Å². The highest BCUT2D eigenvalue weighted by Gasteiger charge is 2.14. The fourth-order valence-electron chi connectivity index (χ4n) is 2.97. The number of allylic oxidation sites excluding steroid dienone is 1. The van der Waals surface area contributed by atoms with E-state index in [9.17, 15) is 4.79 Å². The van der Waals surface area contributed by atoms with Gasteiger partial charge in [-0.05, 0) is 41.5 Å². The standard InChI is InChI=1S/C22H26N2O2/c1-22(2,3)17-11-13-18(14-12-17)26-15-21(25)24-23-20-10-6-8-16-7-4-5-9-19(16)20/h4-5,7,9-14,23H,6,8,15H2,1-3H3,(H,24,25). The maximum absolute atomic E-state index is 12.1. The van der Waals surface area contributed by atoms with E-state index in [2.05, 4.69) is 49.8 Å². The largest absolute Gasteiger partial charge is 0.484 e. The molecule has 0 atom stereocenters. The molecule has 0 heterocycles. The Hall–Kier alpha value is -2.75. The van der Waals surface area contributed by atoms with Gasteiger partial charge in [0.2, 0.25) is 0 Å². The topological polar surface area (TPSA) is 50.4 Å². The maximum Gasteiger partial charge on any atom is 0.276 e. The van der Waals surface area contributed by atoms with Crippen LogP contribution in [0.1, 0.15) is 43.9 Å². The summed E-state index contributed by atoms with van der Waals surface area (Å²) in [5.74, 6) is 0.476. The summed E-state index contributed by atoms with van der Waals surface area (Å²) in [6.07, 6.45) is 4.10. The molecule has 0 bridgehead atoms. The minimum atomic E-state index is -0.214. The van der Waals surface area contributed by atoms with Gasteiger partial charge in [-0.1, -0.05) is 63.2 Å². The van der Waals surface area contributed by atoms with Crippen LogP contribution in [0.5, 0.6) is 5.75 Å². The molecule has 1 aliphatic carbocycles. The fourth-order valence-corrected chi connectivity index (χ4v) is 2.97. The fraction of sp³-hybridized carbons (Fsp3) is 0.318. The molecule has 1 amide bonds. The molecule has 0 aromatic heterocycles. The first-order valence-corrected chi connectivity index (χ1v) is 9.00.